The summed E-state index contributed by atoms with van der Waals surface area (Å²) in [5, 5.41) is 4.04. The number of allylic oxidation sites excluding steroid dienone is 1. The number of hydrogen-bond donors (Lipinski definition) is 2. The third kappa shape index (κ3) is 2.77. The van der Waals surface area contributed by atoms with Crippen molar-refractivity contribution in [2.45, 2.75) is 57.3 Å². The van der Waals surface area contributed by atoms with E-state index in [1.807, 2.05) is 60.8 Å². The summed E-state index contributed by atoms with van der Waals surface area (Å²) >= 11 is 0. The van der Waals surface area contributed by atoms with Gasteiger partial charge in [-0.05, 0) is 35.1 Å². The normalized spacial score (nSPS) is 27.0. The van der Waals surface area contributed by atoms with E-state index in [1.165, 1.54) is 6.92 Å². The van der Waals surface area contributed by atoms with Gasteiger partial charge in [0.05, 0.1) is 0 Å². The van der Waals surface area contributed by atoms with E-state index in [2.05, 4.69) is 30.7 Å². The molecule has 0 radical (unpaired) electrons. The Labute approximate surface area is 210 Å². The molecule has 0 spiro atoms. The number of nitrogens with zero attached hydrogens (tertiary/aromatic N) is 2. The van der Waals surface area contributed by atoms with E-state index in [4.69, 9.17) is 0 Å². The second-order valence-electron chi connectivity index (χ2n) is 10.8. The molecule has 36 heavy (non-hydrogen) atoms. The highest BCUT2D eigenvalue weighted by Gasteiger charge is 2.69. The van der Waals surface area contributed by atoms with Crippen LogP contribution in [0.3, 0.4) is 0 Å². The molecule has 3 aliphatic heterocycles. The van der Waals surface area contributed by atoms with E-state index in [1.54, 1.807) is 9.80 Å². The van der Waals surface area contributed by atoms with Gasteiger partial charge in [-0.3, -0.25) is 19.3 Å². The Kier molecular flexibility index (Phi) is 4.74. The molecule has 0 unspecified atom stereocenters. The van der Waals surface area contributed by atoms with Crippen LogP contribution >= 0.6 is 0 Å². The first-order valence-corrected chi connectivity index (χ1v) is 12.4. The maximum Gasteiger partial charge on any atom is 0.247 e. The first-order chi connectivity index (χ1) is 17.2. The maximum atomic E-state index is 14.2. The lowest BCUT2D eigenvalue weighted by molar-refractivity contribution is -0.149. The number of H-pyrrole nitrogens is 1. The standard InChI is InChI=1S/C29H30N4O3/c1-5-28(3,4)29-15-24-25(35)31-22(14-18-16-30-21-12-8-6-10-19(18)21)26(36)33(24)27(29)32(17(2)34)23-13-9-7-11-20(23)29/h5-13,16,22,24,27,30H,1,14-15H2,2-4H3,(H,31,35)/t22-,24-,27+,29-/m0/s1. The van der Waals surface area contributed by atoms with Gasteiger partial charge in [0.2, 0.25) is 17.7 Å². The van der Waals surface area contributed by atoms with Crippen LogP contribution in [0.4, 0.5) is 5.69 Å². The van der Waals surface area contributed by atoms with Crippen LogP contribution in [0.5, 0.6) is 0 Å². The summed E-state index contributed by atoms with van der Waals surface area (Å²) in [7, 11) is 0. The number of aromatic amines is 1. The van der Waals surface area contributed by atoms with Gasteiger partial charge in [-0.1, -0.05) is 56.3 Å². The molecular formula is C29H30N4O3. The molecule has 7 nitrogen and oxygen atoms in total. The van der Waals surface area contributed by atoms with E-state index >= 15 is 0 Å². The molecule has 3 amide bonds. The molecule has 4 atom stereocenters. The first-order valence-electron chi connectivity index (χ1n) is 12.4. The van der Waals surface area contributed by atoms with Gasteiger partial charge in [-0.2, -0.15) is 0 Å². The minimum Gasteiger partial charge on any atom is -0.361 e. The Hall–Kier alpha value is -3.87. The fraction of sp³-hybridized carbons (Fsp3) is 0.345. The Morgan fingerprint density at radius 3 is 2.64 bits per heavy atom. The smallest absolute Gasteiger partial charge is 0.247 e. The number of benzene rings is 2. The minimum atomic E-state index is -0.715. The molecular weight excluding hydrogens is 452 g/mol. The van der Waals surface area contributed by atoms with Crippen molar-refractivity contribution in [3.8, 4) is 0 Å². The van der Waals surface area contributed by atoms with Crippen LogP contribution in [-0.2, 0) is 26.2 Å². The average Bonchev–Trinajstić information content (AvgIpc) is 3.52. The van der Waals surface area contributed by atoms with Crippen LogP contribution in [0, 0.1) is 5.41 Å². The van der Waals surface area contributed by atoms with E-state index in [-0.39, 0.29) is 17.7 Å². The number of carbonyl (C=O) groups is 3. The van der Waals surface area contributed by atoms with E-state index < -0.39 is 29.1 Å². The number of fused-ring (bicyclic) bond motifs is 6. The number of rotatable bonds is 4. The lowest BCUT2D eigenvalue weighted by atomic mass is 9.60. The summed E-state index contributed by atoms with van der Waals surface area (Å²) < 4.78 is 0. The van der Waals surface area contributed by atoms with Crippen molar-refractivity contribution in [2.24, 2.45) is 5.41 Å². The zero-order valence-electron chi connectivity index (χ0n) is 20.7. The fourth-order valence-electron chi connectivity index (χ4n) is 6.83. The molecule has 3 aromatic rings. The predicted molar refractivity (Wildman–Crippen MR) is 138 cm³/mol. The Morgan fingerprint density at radius 2 is 1.89 bits per heavy atom. The van der Waals surface area contributed by atoms with Gasteiger partial charge in [0.25, 0.3) is 0 Å². The van der Waals surface area contributed by atoms with Crippen LogP contribution in [0.2, 0.25) is 0 Å². The van der Waals surface area contributed by atoms with Gasteiger partial charge in [0.1, 0.15) is 18.2 Å². The van der Waals surface area contributed by atoms with Crippen LogP contribution < -0.4 is 10.2 Å². The number of carbonyl (C=O) groups excluding carboxylic acids is 3. The zero-order valence-corrected chi connectivity index (χ0v) is 20.7. The molecule has 0 saturated carbocycles. The van der Waals surface area contributed by atoms with Gasteiger partial charge >= 0.3 is 0 Å². The SMILES string of the molecule is C=CC(C)(C)[C@]12C[C@H]3C(=O)N[C@@H](Cc4c[nH]c5ccccc45)C(=O)N3[C@H]1N(C(C)=O)c1ccccc12. The van der Waals surface area contributed by atoms with Crippen molar-refractivity contribution >= 4 is 34.3 Å². The summed E-state index contributed by atoms with van der Waals surface area (Å²) in [6, 6.07) is 14.4. The molecule has 2 fully saturated rings. The monoisotopic (exact) mass is 482 g/mol. The van der Waals surface area contributed by atoms with Gasteiger partial charge in [-0.25, -0.2) is 0 Å². The summed E-state index contributed by atoms with van der Waals surface area (Å²) in [4.78, 5) is 47.5. The second-order valence-corrected chi connectivity index (χ2v) is 10.8. The Balaban J connectivity index is 1.47. The largest absolute Gasteiger partial charge is 0.361 e. The molecule has 6 rings (SSSR count). The molecule has 7 heteroatoms. The molecule has 184 valence electrons. The van der Waals surface area contributed by atoms with Crippen molar-refractivity contribution in [2.75, 3.05) is 4.90 Å². The minimum absolute atomic E-state index is 0.151. The third-order valence-corrected chi connectivity index (χ3v) is 8.71. The van der Waals surface area contributed by atoms with Gasteiger partial charge in [0, 0.05) is 41.5 Å². The predicted octanol–water partition coefficient (Wildman–Crippen LogP) is 3.65. The lowest BCUT2D eigenvalue weighted by Gasteiger charge is -2.46. The van der Waals surface area contributed by atoms with Gasteiger partial charge in [0.15, 0.2) is 0 Å². The van der Waals surface area contributed by atoms with Crippen molar-refractivity contribution in [3.63, 3.8) is 0 Å². The quantitative estimate of drug-likeness (QED) is 0.557. The van der Waals surface area contributed by atoms with Crippen LogP contribution in [0.25, 0.3) is 10.9 Å². The van der Waals surface area contributed by atoms with Crippen LogP contribution in [0.1, 0.15) is 38.3 Å². The average molecular weight is 483 g/mol. The number of nitrogens with one attached hydrogen (secondary N) is 2. The second kappa shape index (κ2) is 7.56. The molecule has 3 aliphatic rings. The number of anilines is 1. The van der Waals surface area contributed by atoms with E-state index in [0.29, 0.717) is 12.8 Å². The highest BCUT2D eigenvalue weighted by molar-refractivity contribution is 6.03. The fourth-order valence-corrected chi connectivity index (χ4v) is 6.83. The first kappa shape index (κ1) is 22.6. The molecule has 1 aromatic heterocycles. The zero-order chi connectivity index (χ0) is 25.4. The van der Waals surface area contributed by atoms with Crippen LogP contribution in [0.15, 0.2) is 67.4 Å². The number of amides is 3. The van der Waals surface area contributed by atoms with Crippen molar-refractivity contribution < 1.29 is 14.4 Å². The number of para-hydroxylation sites is 2. The highest BCUT2D eigenvalue weighted by atomic mass is 16.2. The summed E-state index contributed by atoms with van der Waals surface area (Å²) in [6.07, 6.45) is 3.99. The molecule has 0 bridgehead atoms. The number of piperazine rings is 1. The molecule has 2 aromatic carbocycles. The molecule has 2 N–H and O–H groups in total. The Bertz CT molecular complexity index is 1440. The summed E-state index contributed by atoms with van der Waals surface area (Å²) in [6.45, 7) is 9.80. The van der Waals surface area contributed by atoms with Crippen molar-refractivity contribution in [1.29, 1.82) is 0 Å². The summed E-state index contributed by atoms with van der Waals surface area (Å²) in [5.41, 5.74) is 2.58. The maximum absolute atomic E-state index is 14.2. The summed E-state index contributed by atoms with van der Waals surface area (Å²) in [5.74, 6) is -0.480. The number of hydrogen-bond acceptors (Lipinski definition) is 3. The van der Waals surface area contributed by atoms with E-state index in [9.17, 15) is 14.4 Å². The van der Waals surface area contributed by atoms with Gasteiger partial charge < -0.3 is 15.2 Å². The van der Waals surface area contributed by atoms with Gasteiger partial charge in [-0.15, -0.1) is 6.58 Å². The topological polar surface area (TPSA) is 85.5 Å². The van der Waals surface area contributed by atoms with Crippen molar-refractivity contribution in [1.82, 2.24) is 15.2 Å². The van der Waals surface area contributed by atoms with Crippen LogP contribution in [-0.4, -0.2) is 45.9 Å². The highest BCUT2D eigenvalue weighted by Crippen LogP contribution is 2.62. The van der Waals surface area contributed by atoms with Crippen molar-refractivity contribution in [3.05, 3.63) is 78.5 Å². The lowest BCUT2D eigenvalue weighted by Crippen LogP contribution is -2.66. The third-order valence-electron chi connectivity index (χ3n) is 8.71. The van der Waals surface area contributed by atoms with E-state index in [0.717, 1.165) is 27.7 Å². The molecule has 2 saturated heterocycles. The molecule has 4 heterocycles. The number of aromatic nitrogens is 1. The Morgan fingerprint density at radius 1 is 1.17 bits per heavy atom. The molecule has 0 aliphatic carbocycles.